The minimum atomic E-state index is -4.68. The summed E-state index contributed by atoms with van der Waals surface area (Å²) in [7, 11) is 0. The van der Waals surface area contributed by atoms with Crippen LogP contribution in [0.25, 0.3) is 10.9 Å². The predicted octanol–water partition coefficient (Wildman–Crippen LogP) is 5.65. The summed E-state index contributed by atoms with van der Waals surface area (Å²) in [5, 5.41) is 6.49. The Morgan fingerprint density at radius 2 is 1.75 bits per heavy atom. The Morgan fingerprint density at radius 1 is 0.938 bits per heavy atom. The summed E-state index contributed by atoms with van der Waals surface area (Å²) in [6, 6.07) is 15.9. The van der Waals surface area contributed by atoms with E-state index in [0.29, 0.717) is 36.2 Å². The molecule has 5 nitrogen and oxygen atoms in total. The van der Waals surface area contributed by atoms with Gasteiger partial charge in [-0.15, -0.1) is 0 Å². The molecule has 0 aliphatic heterocycles. The van der Waals surface area contributed by atoms with Gasteiger partial charge in [0.05, 0.1) is 16.6 Å². The van der Waals surface area contributed by atoms with Gasteiger partial charge in [-0.25, -0.2) is 14.4 Å². The van der Waals surface area contributed by atoms with Crippen LogP contribution in [-0.4, -0.2) is 15.9 Å². The van der Waals surface area contributed by atoms with E-state index in [4.69, 9.17) is 0 Å². The molecule has 0 saturated carbocycles. The van der Waals surface area contributed by atoms with Crippen LogP contribution in [0.3, 0.4) is 0 Å². The molecule has 0 unspecified atom stereocenters. The first-order valence-electron chi connectivity index (χ1n) is 9.52. The molecule has 0 fully saturated rings. The highest BCUT2D eigenvalue weighted by atomic mass is 19.4. The Hall–Kier alpha value is -4.01. The molecular formula is C23H16F4N4O. The number of nitrogens with one attached hydrogen (secondary N) is 2. The van der Waals surface area contributed by atoms with Crippen LogP contribution in [-0.2, 0) is 12.7 Å². The minimum absolute atomic E-state index is 0.318. The Labute approximate surface area is 180 Å². The first-order valence-corrected chi connectivity index (χ1v) is 9.52. The molecule has 0 aliphatic carbocycles. The number of para-hydroxylation sites is 1. The molecule has 0 radical (unpaired) electrons. The van der Waals surface area contributed by atoms with E-state index in [1.54, 1.807) is 24.3 Å². The van der Waals surface area contributed by atoms with Crippen molar-refractivity contribution < 1.29 is 22.4 Å². The fourth-order valence-corrected chi connectivity index (χ4v) is 3.16. The van der Waals surface area contributed by atoms with Crippen molar-refractivity contribution in [1.29, 1.82) is 0 Å². The second kappa shape index (κ2) is 8.62. The lowest BCUT2D eigenvalue weighted by molar-refractivity contribution is -0.137. The molecule has 0 atom stereocenters. The van der Waals surface area contributed by atoms with E-state index in [1.165, 1.54) is 6.33 Å². The number of halogens is 4. The van der Waals surface area contributed by atoms with Gasteiger partial charge in [-0.1, -0.05) is 24.3 Å². The minimum Gasteiger partial charge on any atom is -0.365 e. The number of carbonyl (C=O) groups excluding carboxylic acids is 1. The van der Waals surface area contributed by atoms with Crippen molar-refractivity contribution in [2.24, 2.45) is 0 Å². The van der Waals surface area contributed by atoms with Crippen molar-refractivity contribution in [3.63, 3.8) is 0 Å². The number of hydrogen-bond donors (Lipinski definition) is 2. The number of fused-ring (bicyclic) bond motifs is 1. The van der Waals surface area contributed by atoms with Gasteiger partial charge in [0.15, 0.2) is 0 Å². The SMILES string of the molecule is O=C(Nc1cccc(CNc2ncnc3ccccc23)c1)c1cc(C(F)(F)F)ccc1F. The molecule has 9 heteroatoms. The Balaban J connectivity index is 1.49. The topological polar surface area (TPSA) is 66.9 Å². The molecule has 4 aromatic rings. The van der Waals surface area contributed by atoms with Gasteiger partial charge in [0.1, 0.15) is 18.0 Å². The van der Waals surface area contributed by atoms with Crippen LogP contribution in [0.1, 0.15) is 21.5 Å². The molecule has 4 rings (SSSR count). The molecule has 3 aromatic carbocycles. The molecule has 162 valence electrons. The van der Waals surface area contributed by atoms with E-state index in [0.717, 1.165) is 16.5 Å². The fourth-order valence-electron chi connectivity index (χ4n) is 3.16. The number of amides is 1. The predicted molar refractivity (Wildman–Crippen MR) is 113 cm³/mol. The highest BCUT2D eigenvalue weighted by Crippen LogP contribution is 2.30. The summed E-state index contributed by atoms with van der Waals surface area (Å²) < 4.78 is 52.7. The van der Waals surface area contributed by atoms with Gasteiger partial charge in [0.2, 0.25) is 0 Å². The zero-order chi connectivity index (χ0) is 22.7. The second-order valence-corrected chi connectivity index (χ2v) is 6.94. The number of rotatable bonds is 5. The van der Waals surface area contributed by atoms with Gasteiger partial charge >= 0.3 is 6.18 Å². The van der Waals surface area contributed by atoms with Gasteiger partial charge < -0.3 is 10.6 Å². The van der Waals surface area contributed by atoms with Gasteiger partial charge in [-0.2, -0.15) is 13.2 Å². The van der Waals surface area contributed by atoms with E-state index in [-0.39, 0.29) is 0 Å². The molecule has 0 aliphatic rings. The summed E-state index contributed by atoms with van der Waals surface area (Å²) >= 11 is 0. The van der Waals surface area contributed by atoms with Gasteiger partial charge in [0, 0.05) is 17.6 Å². The number of benzene rings is 3. The van der Waals surface area contributed by atoms with Crippen molar-refractivity contribution in [3.05, 3.63) is 95.6 Å². The van der Waals surface area contributed by atoms with Crippen LogP contribution in [0, 0.1) is 5.82 Å². The molecule has 0 saturated heterocycles. The smallest absolute Gasteiger partial charge is 0.365 e. The lowest BCUT2D eigenvalue weighted by Gasteiger charge is -2.12. The number of alkyl halides is 3. The van der Waals surface area contributed by atoms with E-state index in [2.05, 4.69) is 20.6 Å². The third-order valence-corrected chi connectivity index (χ3v) is 4.73. The molecule has 0 spiro atoms. The van der Waals surface area contributed by atoms with Gasteiger partial charge in [-0.05, 0) is 48.0 Å². The van der Waals surface area contributed by atoms with Crippen LogP contribution in [0.4, 0.5) is 29.1 Å². The van der Waals surface area contributed by atoms with E-state index < -0.39 is 29.0 Å². The lowest BCUT2D eigenvalue weighted by atomic mass is 10.1. The van der Waals surface area contributed by atoms with E-state index in [1.807, 2.05) is 24.3 Å². The van der Waals surface area contributed by atoms with E-state index in [9.17, 15) is 22.4 Å². The third kappa shape index (κ3) is 4.66. The van der Waals surface area contributed by atoms with Crippen LogP contribution >= 0.6 is 0 Å². The first kappa shape index (κ1) is 21.2. The maximum atomic E-state index is 14.0. The van der Waals surface area contributed by atoms with Gasteiger partial charge in [0.25, 0.3) is 5.91 Å². The zero-order valence-corrected chi connectivity index (χ0v) is 16.4. The van der Waals surface area contributed by atoms with Crippen LogP contribution in [0.2, 0.25) is 0 Å². The largest absolute Gasteiger partial charge is 0.416 e. The maximum absolute atomic E-state index is 14.0. The summed E-state index contributed by atoms with van der Waals surface area (Å²) in [6.07, 6.45) is -3.23. The fraction of sp³-hybridized carbons (Fsp3) is 0.0870. The van der Waals surface area contributed by atoms with E-state index >= 15 is 0 Å². The van der Waals surface area contributed by atoms with Crippen molar-refractivity contribution >= 4 is 28.3 Å². The number of anilines is 2. The molecule has 1 aromatic heterocycles. The Kier molecular flexibility index (Phi) is 5.72. The average molecular weight is 440 g/mol. The summed E-state index contributed by atoms with van der Waals surface area (Å²) in [4.78, 5) is 20.8. The quantitative estimate of drug-likeness (QED) is 0.394. The summed E-state index contributed by atoms with van der Waals surface area (Å²) in [5.74, 6) is -1.37. The van der Waals surface area contributed by atoms with Crippen LogP contribution in [0.15, 0.2) is 73.1 Å². The molecule has 0 bridgehead atoms. The van der Waals surface area contributed by atoms with Crippen LogP contribution < -0.4 is 10.6 Å². The van der Waals surface area contributed by atoms with Gasteiger partial charge in [-0.3, -0.25) is 4.79 Å². The highest BCUT2D eigenvalue weighted by molar-refractivity contribution is 6.04. The molecule has 2 N–H and O–H groups in total. The molecule has 1 amide bonds. The van der Waals surface area contributed by atoms with Crippen molar-refractivity contribution in [2.75, 3.05) is 10.6 Å². The van der Waals surface area contributed by atoms with Crippen LogP contribution in [0.5, 0.6) is 0 Å². The highest BCUT2D eigenvalue weighted by Gasteiger charge is 2.32. The number of hydrogen-bond acceptors (Lipinski definition) is 4. The summed E-state index contributed by atoms with van der Waals surface area (Å²) in [6.45, 7) is 0.364. The summed E-state index contributed by atoms with van der Waals surface area (Å²) in [5.41, 5.74) is 0.0951. The Bertz CT molecular complexity index is 1290. The molecular weight excluding hydrogens is 424 g/mol. The van der Waals surface area contributed by atoms with Crippen molar-refractivity contribution in [1.82, 2.24) is 9.97 Å². The first-order chi connectivity index (χ1) is 15.3. The molecule has 1 heterocycles. The number of aromatic nitrogens is 2. The maximum Gasteiger partial charge on any atom is 0.416 e. The second-order valence-electron chi connectivity index (χ2n) is 6.94. The monoisotopic (exact) mass is 440 g/mol. The van der Waals surface area contributed by atoms with Crippen molar-refractivity contribution in [3.8, 4) is 0 Å². The number of carbonyl (C=O) groups is 1. The average Bonchev–Trinajstić information content (AvgIpc) is 2.77. The zero-order valence-electron chi connectivity index (χ0n) is 16.4. The van der Waals surface area contributed by atoms with Crippen molar-refractivity contribution in [2.45, 2.75) is 12.7 Å². The lowest BCUT2D eigenvalue weighted by Crippen LogP contribution is -2.16. The normalized spacial score (nSPS) is 11.4. The number of nitrogens with zero attached hydrogens (tertiary/aromatic N) is 2. The third-order valence-electron chi connectivity index (χ3n) is 4.73. The molecule has 32 heavy (non-hydrogen) atoms. The Morgan fingerprint density at radius 3 is 2.56 bits per heavy atom. The standard InChI is InChI=1S/C23H16F4N4O/c24-19-9-8-15(23(25,26)27)11-18(19)22(32)31-16-5-3-4-14(10-16)12-28-21-17-6-1-2-7-20(17)29-13-30-21/h1-11,13H,12H2,(H,31,32)(H,28,29,30).